The fraction of sp³-hybridized carbons (Fsp3) is 0.588. The summed E-state index contributed by atoms with van der Waals surface area (Å²) < 4.78 is 4.97. The molecule has 1 aliphatic carbocycles. The molecule has 1 aromatic carbocycles. The number of hydrogen-bond donors (Lipinski definition) is 1. The topological polar surface area (TPSA) is 38.3 Å². The van der Waals surface area contributed by atoms with E-state index in [9.17, 15) is 4.79 Å². The van der Waals surface area contributed by atoms with Gasteiger partial charge >= 0.3 is 5.97 Å². The van der Waals surface area contributed by atoms with Crippen LogP contribution in [0, 0.1) is 11.8 Å². The van der Waals surface area contributed by atoms with Crippen LogP contribution in [0.25, 0.3) is 0 Å². The van der Waals surface area contributed by atoms with E-state index in [1.165, 1.54) is 20.0 Å². The van der Waals surface area contributed by atoms with E-state index in [-0.39, 0.29) is 12.0 Å². The molecule has 0 aromatic heterocycles. The maximum absolute atomic E-state index is 12.1. The summed E-state index contributed by atoms with van der Waals surface area (Å²) in [6.45, 7) is 4.55. The Morgan fingerprint density at radius 3 is 2.60 bits per heavy atom. The van der Waals surface area contributed by atoms with Gasteiger partial charge in [0.15, 0.2) is 0 Å². The van der Waals surface area contributed by atoms with Crippen molar-refractivity contribution in [2.45, 2.75) is 45.2 Å². The molecular weight excluding hydrogens is 250 g/mol. The average Bonchev–Trinajstić information content (AvgIpc) is 2.48. The Morgan fingerprint density at radius 2 is 1.95 bits per heavy atom. The molecule has 3 nitrogen and oxygen atoms in total. The van der Waals surface area contributed by atoms with Gasteiger partial charge in [-0.1, -0.05) is 50.6 Å². The van der Waals surface area contributed by atoms with Crippen LogP contribution in [0.4, 0.5) is 0 Å². The quantitative estimate of drug-likeness (QED) is 0.857. The Labute approximate surface area is 121 Å². The largest absolute Gasteiger partial charge is 0.468 e. The van der Waals surface area contributed by atoms with Gasteiger partial charge in [-0.15, -0.1) is 0 Å². The first-order valence-electron chi connectivity index (χ1n) is 7.50. The highest BCUT2D eigenvalue weighted by molar-refractivity contribution is 5.77. The summed E-state index contributed by atoms with van der Waals surface area (Å²) in [4.78, 5) is 12.1. The van der Waals surface area contributed by atoms with E-state index in [0.29, 0.717) is 12.0 Å². The molecule has 1 fully saturated rings. The van der Waals surface area contributed by atoms with Crippen LogP contribution in [0.5, 0.6) is 0 Å². The standard InChI is InChI=1S/C17H25NO2/c1-12-9-10-13(2)15(11-12)18-16(17(19)20-3)14-7-5-4-6-8-14/h4-8,12-13,15-16,18H,9-11H2,1-3H3. The van der Waals surface area contributed by atoms with Crippen LogP contribution in [0.2, 0.25) is 0 Å². The van der Waals surface area contributed by atoms with Crippen molar-refractivity contribution in [3.05, 3.63) is 35.9 Å². The number of hydrogen-bond acceptors (Lipinski definition) is 3. The lowest BCUT2D eigenvalue weighted by atomic mass is 9.79. The Hall–Kier alpha value is -1.35. The monoisotopic (exact) mass is 275 g/mol. The van der Waals surface area contributed by atoms with E-state index in [2.05, 4.69) is 19.2 Å². The second-order valence-corrected chi connectivity index (χ2v) is 6.04. The molecule has 2 rings (SSSR count). The van der Waals surface area contributed by atoms with Gasteiger partial charge in [-0.25, -0.2) is 4.79 Å². The van der Waals surface area contributed by atoms with Crippen LogP contribution in [0.1, 0.15) is 44.7 Å². The van der Waals surface area contributed by atoms with Gasteiger partial charge in [-0.05, 0) is 30.2 Å². The van der Waals surface area contributed by atoms with Crippen molar-refractivity contribution < 1.29 is 9.53 Å². The van der Waals surface area contributed by atoms with E-state index in [4.69, 9.17) is 4.74 Å². The highest BCUT2D eigenvalue weighted by atomic mass is 16.5. The summed E-state index contributed by atoms with van der Waals surface area (Å²) in [6, 6.07) is 9.85. The van der Waals surface area contributed by atoms with Crippen LogP contribution >= 0.6 is 0 Å². The molecule has 4 unspecified atom stereocenters. The van der Waals surface area contributed by atoms with E-state index in [1.54, 1.807) is 0 Å². The maximum Gasteiger partial charge on any atom is 0.327 e. The molecule has 1 saturated carbocycles. The number of methoxy groups -OCH3 is 1. The van der Waals surface area contributed by atoms with Gasteiger partial charge in [0, 0.05) is 6.04 Å². The molecule has 0 heterocycles. The molecular formula is C17H25NO2. The highest BCUT2D eigenvalue weighted by Crippen LogP contribution is 2.30. The van der Waals surface area contributed by atoms with Crippen molar-refractivity contribution >= 4 is 5.97 Å². The molecule has 20 heavy (non-hydrogen) atoms. The number of carbonyl (C=O) groups excluding carboxylic acids is 1. The summed E-state index contributed by atoms with van der Waals surface area (Å²) in [5, 5.41) is 3.53. The number of rotatable bonds is 4. The van der Waals surface area contributed by atoms with Crippen LogP contribution in [0.3, 0.4) is 0 Å². The molecule has 4 atom stereocenters. The fourth-order valence-corrected chi connectivity index (χ4v) is 3.04. The summed E-state index contributed by atoms with van der Waals surface area (Å²) in [5.41, 5.74) is 0.977. The zero-order chi connectivity index (χ0) is 14.5. The summed E-state index contributed by atoms with van der Waals surface area (Å²) in [5.74, 6) is 1.11. The van der Waals surface area contributed by atoms with Gasteiger partial charge in [0.1, 0.15) is 6.04 Å². The molecule has 1 aliphatic rings. The minimum absolute atomic E-state index is 0.207. The van der Waals surface area contributed by atoms with Crippen molar-refractivity contribution in [3.8, 4) is 0 Å². The second kappa shape index (κ2) is 6.89. The normalized spacial score (nSPS) is 27.9. The van der Waals surface area contributed by atoms with Crippen LogP contribution < -0.4 is 5.32 Å². The Kier molecular flexibility index (Phi) is 5.18. The number of benzene rings is 1. The van der Waals surface area contributed by atoms with E-state index < -0.39 is 0 Å². The van der Waals surface area contributed by atoms with Crippen molar-refractivity contribution in [3.63, 3.8) is 0 Å². The highest BCUT2D eigenvalue weighted by Gasteiger charge is 2.30. The number of carbonyl (C=O) groups is 1. The van der Waals surface area contributed by atoms with E-state index in [1.807, 2.05) is 30.3 Å². The van der Waals surface area contributed by atoms with Gasteiger partial charge < -0.3 is 4.74 Å². The molecule has 0 spiro atoms. The van der Waals surface area contributed by atoms with Crippen molar-refractivity contribution in [1.82, 2.24) is 5.32 Å². The first kappa shape index (κ1) is 15.0. The lowest BCUT2D eigenvalue weighted by Crippen LogP contribution is -2.44. The molecule has 0 saturated heterocycles. The third-order valence-electron chi connectivity index (χ3n) is 4.41. The minimum Gasteiger partial charge on any atom is -0.468 e. The first-order valence-corrected chi connectivity index (χ1v) is 7.50. The van der Waals surface area contributed by atoms with Gasteiger partial charge in [-0.3, -0.25) is 5.32 Å². The lowest BCUT2D eigenvalue weighted by Gasteiger charge is -2.35. The SMILES string of the molecule is COC(=O)C(NC1CC(C)CCC1C)c1ccccc1. The van der Waals surface area contributed by atoms with Crippen molar-refractivity contribution in [2.75, 3.05) is 7.11 Å². The Bertz CT molecular complexity index is 432. The molecule has 0 radical (unpaired) electrons. The zero-order valence-electron chi connectivity index (χ0n) is 12.6. The summed E-state index contributed by atoms with van der Waals surface area (Å²) in [6.07, 6.45) is 3.64. The van der Waals surface area contributed by atoms with E-state index in [0.717, 1.165) is 17.9 Å². The van der Waals surface area contributed by atoms with E-state index >= 15 is 0 Å². The number of esters is 1. The molecule has 0 bridgehead atoms. The zero-order valence-corrected chi connectivity index (χ0v) is 12.6. The van der Waals surface area contributed by atoms with Crippen LogP contribution in [-0.2, 0) is 9.53 Å². The fourth-order valence-electron chi connectivity index (χ4n) is 3.04. The maximum atomic E-state index is 12.1. The molecule has 0 aliphatic heterocycles. The minimum atomic E-state index is -0.362. The average molecular weight is 275 g/mol. The number of nitrogens with one attached hydrogen (secondary N) is 1. The second-order valence-electron chi connectivity index (χ2n) is 6.04. The smallest absolute Gasteiger partial charge is 0.327 e. The third kappa shape index (κ3) is 3.60. The van der Waals surface area contributed by atoms with Gasteiger partial charge in [0.2, 0.25) is 0 Å². The Morgan fingerprint density at radius 1 is 1.25 bits per heavy atom. The van der Waals surface area contributed by atoms with Crippen LogP contribution in [0.15, 0.2) is 30.3 Å². The summed E-state index contributed by atoms with van der Waals surface area (Å²) in [7, 11) is 1.45. The van der Waals surface area contributed by atoms with Crippen molar-refractivity contribution in [2.24, 2.45) is 11.8 Å². The molecule has 3 heteroatoms. The van der Waals surface area contributed by atoms with Gasteiger partial charge in [0.25, 0.3) is 0 Å². The predicted octanol–water partition coefficient (Wildman–Crippen LogP) is 3.32. The first-order chi connectivity index (χ1) is 9.61. The Balaban J connectivity index is 2.14. The molecule has 110 valence electrons. The van der Waals surface area contributed by atoms with Gasteiger partial charge in [-0.2, -0.15) is 0 Å². The predicted molar refractivity (Wildman–Crippen MR) is 80.3 cm³/mol. The van der Waals surface area contributed by atoms with Crippen molar-refractivity contribution in [1.29, 1.82) is 0 Å². The third-order valence-corrected chi connectivity index (χ3v) is 4.41. The molecule has 1 aromatic rings. The summed E-state index contributed by atoms with van der Waals surface area (Å²) >= 11 is 0. The number of ether oxygens (including phenoxy) is 1. The van der Waals surface area contributed by atoms with Crippen LogP contribution in [-0.4, -0.2) is 19.1 Å². The molecule has 0 amide bonds. The van der Waals surface area contributed by atoms with Gasteiger partial charge in [0.05, 0.1) is 7.11 Å². The lowest BCUT2D eigenvalue weighted by molar-refractivity contribution is -0.143. The molecule has 1 N–H and O–H groups in total.